The van der Waals surface area contributed by atoms with Gasteiger partial charge >= 0.3 is 6.18 Å². The van der Waals surface area contributed by atoms with Crippen molar-refractivity contribution in [3.05, 3.63) is 0 Å². The quantitative estimate of drug-likeness (QED) is 0.812. The molecule has 2 unspecified atom stereocenters. The third-order valence-electron chi connectivity index (χ3n) is 3.17. The number of nitrogens with zero attached hydrogens (tertiary/aromatic N) is 1. The molecule has 1 aliphatic carbocycles. The van der Waals surface area contributed by atoms with Gasteiger partial charge in [-0.3, -0.25) is 4.79 Å². The second kappa shape index (κ2) is 5.25. The highest BCUT2D eigenvalue weighted by molar-refractivity contribution is 5.82. The van der Waals surface area contributed by atoms with Gasteiger partial charge in [0.2, 0.25) is 5.91 Å². The predicted octanol–water partition coefficient (Wildman–Crippen LogP) is 1.91. The van der Waals surface area contributed by atoms with Crippen LogP contribution in [0.25, 0.3) is 0 Å². The molecule has 0 aliphatic heterocycles. The average molecular weight is 252 g/mol. The van der Waals surface area contributed by atoms with Crippen LogP contribution in [0, 0.1) is 5.92 Å². The smallest absolute Gasteiger partial charge is 0.330 e. The van der Waals surface area contributed by atoms with Gasteiger partial charge in [-0.2, -0.15) is 13.2 Å². The average Bonchev–Trinajstić information content (AvgIpc) is 2.93. The molecule has 0 spiro atoms. The molecule has 1 rings (SSSR count). The summed E-state index contributed by atoms with van der Waals surface area (Å²) in [6.07, 6.45) is -2.79. The molecule has 1 saturated carbocycles. The number of amides is 1. The van der Waals surface area contributed by atoms with Gasteiger partial charge in [0.05, 0.1) is 5.92 Å². The Labute approximate surface area is 99.1 Å². The molecular weight excluding hydrogens is 233 g/mol. The molecule has 2 N–H and O–H groups in total. The van der Waals surface area contributed by atoms with Crippen LogP contribution < -0.4 is 5.73 Å². The molecule has 1 fully saturated rings. The van der Waals surface area contributed by atoms with Crippen molar-refractivity contribution >= 4 is 5.91 Å². The van der Waals surface area contributed by atoms with E-state index in [2.05, 4.69) is 0 Å². The minimum atomic E-state index is -4.35. The normalized spacial score (nSPS) is 23.9. The van der Waals surface area contributed by atoms with Gasteiger partial charge in [0.15, 0.2) is 0 Å². The third kappa shape index (κ3) is 3.87. The third-order valence-corrected chi connectivity index (χ3v) is 3.17. The zero-order chi connectivity index (χ0) is 13.2. The maximum atomic E-state index is 12.5. The van der Waals surface area contributed by atoms with E-state index >= 15 is 0 Å². The van der Waals surface area contributed by atoms with Crippen LogP contribution >= 0.6 is 0 Å². The molecule has 0 bridgehead atoms. The van der Waals surface area contributed by atoms with Crippen LogP contribution in [0.5, 0.6) is 0 Å². The number of rotatable bonds is 5. The second-order valence-corrected chi connectivity index (χ2v) is 4.56. The van der Waals surface area contributed by atoms with Crippen LogP contribution in [0.15, 0.2) is 0 Å². The van der Waals surface area contributed by atoms with Gasteiger partial charge in [-0.15, -0.1) is 0 Å². The zero-order valence-electron chi connectivity index (χ0n) is 10.1. The summed E-state index contributed by atoms with van der Waals surface area (Å²) >= 11 is 0. The van der Waals surface area contributed by atoms with E-state index in [9.17, 15) is 18.0 Å². The van der Waals surface area contributed by atoms with Crippen LogP contribution in [0.2, 0.25) is 0 Å². The summed E-state index contributed by atoms with van der Waals surface area (Å²) in [6, 6.07) is -0.607. The van der Waals surface area contributed by atoms with Gasteiger partial charge < -0.3 is 10.6 Å². The monoisotopic (exact) mass is 252 g/mol. The van der Waals surface area contributed by atoms with E-state index < -0.39 is 24.5 Å². The van der Waals surface area contributed by atoms with Crippen molar-refractivity contribution in [1.82, 2.24) is 4.90 Å². The Morgan fingerprint density at radius 3 is 2.18 bits per heavy atom. The number of nitrogens with two attached hydrogens (primary N) is 1. The highest BCUT2D eigenvalue weighted by Crippen LogP contribution is 2.32. The molecule has 0 aromatic carbocycles. The van der Waals surface area contributed by atoms with Gasteiger partial charge in [0, 0.05) is 12.1 Å². The molecule has 0 saturated heterocycles. The van der Waals surface area contributed by atoms with E-state index in [0.29, 0.717) is 19.3 Å². The highest BCUT2D eigenvalue weighted by atomic mass is 19.4. The fourth-order valence-electron chi connectivity index (χ4n) is 2.02. The molecule has 6 heteroatoms. The number of hydrogen-bond donors (Lipinski definition) is 1. The first-order valence-corrected chi connectivity index (χ1v) is 5.93. The fourth-order valence-corrected chi connectivity index (χ4v) is 2.02. The minimum absolute atomic E-state index is 0.257. The second-order valence-electron chi connectivity index (χ2n) is 4.56. The summed E-state index contributed by atoms with van der Waals surface area (Å²) in [4.78, 5) is 12.9. The lowest BCUT2D eigenvalue weighted by Crippen LogP contribution is -2.46. The van der Waals surface area contributed by atoms with E-state index in [1.165, 1.54) is 0 Å². The first kappa shape index (κ1) is 14.3. The molecule has 17 heavy (non-hydrogen) atoms. The number of carbonyl (C=O) groups is 1. The first-order valence-electron chi connectivity index (χ1n) is 5.93. The molecule has 3 nitrogen and oxygen atoms in total. The Morgan fingerprint density at radius 1 is 1.41 bits per heavy atom. The Bertz CT molecular complexity index is 276. The Balaban J connectivity index is 2.74. The van der Waals surface area contributed by atoms with Crippen molar-refractivity contribution in [3.63, 3.8) is 0 Å². The Kier molecular flexibility index (Phi) is 4.41. The molecule has 0 aromatic rings. The summed E-state index contributed by atoms with van der Waals surface area (Å²) in [5, 5.41) is 0. The molecule has 100 valence electrons. The summed E-state index contributed by atoms with van der Waals surface area (Å²) in [5.74, 6) is -0.846. The zero-order valence-corrected chi connectivity index (χ0v) is 10.1. The number of hydrogen-bond acceptors (Lipinski definition) is 2. The largest absolute Gasteiger partial charge is 0.406 e. The molecule has 0 radical (unpaired) electrons. The van der Waals surface area contributed by atoms with Crippen molar-refractivity contribution in [1.29, 1.82) is 0 Å². The predicted molar refractivity (Wildman–Crippen MR) is 58.2 cm³/mol. The molecule has 0 aromatic heterocycles. The van der Waals surface area contributed by atoms with Crippen LogP contribution in [0.3, 0.4) is 0 Å². The topological polar surface area (TPSA) is 46.3 Å². The van der Waals surface area contributed by atoms with Crippen molar-refractivity contribution in [3.8, 4) is 0 Å². The first-order chi connectivity index (χ1) is 7.80. The molecule has 1 aliphatic rings. The minimum Gasteiger partial charge on any atom is -0.330 e. The molecule has 0 heterocycles. The summed E-state index contributed by atoms with van der Waals surface area (Å²) < 4.78 is 37.4. The number of halogens is 3. The molecular formula is C11H19F3N2O. The fraction of sp³-hybridized carbons (Fsp3) is 0.909. The van der Waals surface area contributed by atoms with Crippen molar-refractivity contribution in [2.45, 2.75) is 51.4 Å². The molecule has 1 amide bonds. The lowest BCUT2D eigenvalue weighted by molar-refractivity contribution is -0.167. The van der Waals surface area contributed by atoms with E-state index in [0.717, 1.165) is 4.90 Å². The summed E-state index contributed by atoms with van der Waals surface area (Å²) in [7, 11) is 0. The van der Waals surface area contributed by atoms with Crippen LogP contribution in [0.1, 0.15) is 33.1 Å². The van der Waals surface area contributed by atoms with Crippen LogP contribution in [-0.2, 0) is 4.79 Å². The summed E-state index contributed by atoms with van der Waals surface area (Å²) in [6.45, 7) is 2.41. The van der Waals surface area contributed by atoms with Crippen LogP contribution in [-0.4, -0.2) is 35.6 Å². The van der Waals surface area contributed by atoms with Crippen molar-refractivity contribution in [2.24, 2.45) is 11.7 Å². The van der Waals surface area contributed by atoms with E-state index in [1.807, 2.05) is 0 Å². The highest BCUT2D eigenvalue weighted by Gasteiger charge is 2.46. The number of alkyl halides is 3. The maximum Gasteiger partial charge on any atom is 0.406 e. The van der Waals surface area contributed by atoms with Crippen LogP contribution in [0.4, 0.5) is 13.2 Å². The lowest BCUT2D eigenvalue weighted by atomic mass is 10.1. The summed E-state index contributed by atoms with van der Waals surface area (Å²) in [5.41, 5.74) is 5.52. The standard InChI is InChI=1S/C11H19F3N2O/c1-3-7(4-2)16(6-11(12,13)14)10(17)8-5-9(8)15/h7-9H,3-6,15H2,1-2H3. The Morgan fingerprint density at radius 2 is 1.88 bits per heavy atom. The Hall–Kier alpha value is -0.780. The lowest BCUT2D eigenvalue weighted by Gasteiger charge is -2.31. The van der Waals surface area contributed by atoms with Gasteiger partial charge in [0.1, 0.15) is 6.54 Å². The van der Waals surface area contributed by atoms with E-state index in [1.54, 1.807) is 13.8 Å². The van der Waals surface area contributed by atoms with Gasteiger partial charge in [-0.05, 0) is 19.3 Å². The van der Waals surface area contributed by atoms with Crippen molar-refractivity contribution < 1.29 is 18.0 Å². The molecule has 2 atom stereocenters. The van der Waals surface area contributed by atoms with Crippen molar-refractivity contribution in [2.75, 3.05) is 6.54 Å². The van der Waals surface area contributed by atoms with E-state index in [-0.39, 0.29) is 12.1 Å². The SMILES string of the molecule is CCC(CC)N(CC(F)(F)F)C(=O)C1CC1N. The number of carbonyl (C=O) groups excluding carboxylic acids is 1. The maximum absolute atomic E-state index is 12.5. The van der Waals surface area contributed by atoms with Gasteiger partial charge in [-0.1, -0.05) is 13.8 Å². The van der Waals surface area contributed by atoms with Gasteiger partial charge in [0.25, 0.3) is 0 Å². The van der Waals surface area contributed by atoms with E-state index in [4.69, 9.17) is 5.73 Å². The van der Waals surface area contributed by atoms with Gasteiger partial charge in [-0.25, -0.2) is 0 Å².